The molecule has 0 radical (unpaired) electrons. The fraction of sp³-hybridized carbons (Fsp3) is 0.700. The molecule has 1 unspecified atom stereocenters. The Morgan fingerprint density at radius 1 is 1.14 bits per heavy atom. The molecule has 0 spiro atoms. The lowest BCUT2D eigenvalue weighted by molar-refractivity contribution is 0.261. The molecule has 1 nitrogen and oxygen atoms in total. The van der Waals surface area contributed by atoms with Gasteiger partial charge in [-0.3, -0.25) is 0 Å². The van der Waals surface area contributed by atoms with Crippen molar-refractivity contribution in [3.8, 4) is 0 Å². The van der Waals surface area contributed by atoms with Crippen LogP contribution in [0.3, 0.4) is 0 Å². The summed E-state index contributed by atoms with van der Waals surface area (Å²) in [4.78, 5) is 0. The van der Waals surface area contributed by atoms with Gasteiger partial charge in [-0.05, 0) is 48.3 Å². The summed E-state index contributed by atoms with van der Waals surface area (Å²) in [5.74, 6) is 0.950. The van der Waals surface area contributed by atoms with Crippen molar-refractivity contribution in [2.24, 2.45) is 5.92 Å². The molecule has 1 aliphatic rings. The van der Waals surface area contributed by atoms with Gasteiger partial charge in [0, 0.05) is 6.04 Å². The van der Waals surface area contributed by atoms with Crippen molar-refractivity contribution in [2.75, 3.05) is 6.54 Å². The largest absolute Gasteiger partial charge is 0.310 e. The predicted octanol–water partition coefficient (Wildman–Crippen LogP) is 5.61. The molecule has 1 fully saturated rings. The second-order valence-electron chi connectivity index (χ2n) is 7.40. The maximum atomic E-state index is 3.76. The summed E-state index contributed by atoms with van der Waals surface area (Å²) in [5.41, 5.74) is 3.23. The summed E-state index contributed by atoms with van der Waals surface area (Å²) in [6.07, 6.45) is 8.02. The lowest BCUT2D eigenvalue weighted by Crippen LogP contribution is -2.27. The van der Waals surface area contributed by atoms with Crippen molar-refractivity contribution in [1.29, 1.82) is 0 Å². The molecule has 1 saturated carbocycles. The number of hydrogen-bond acceptors (Lipinski definition) is 1. The minimum Gasteiger partial charge on any atom is -0.310 e. The Morgan fingerprint density at radius 2 is 1.81 bits per heavy atom. The second-order valence-corrected chi connectivity index (χ2v) is 7.40. The van der Waals surface area contributed by atoms with Crippen LogP contribution >= 0.6 is 0 Å². The van der Waals surface area contributed by atoms with Crippen LogP contribution in [0.1, 0.15) is 83.4 Å². The van der Waals surface area contributed by atoms with Gasteiger partial charge in [-0.1, -0.05) is 71.2 Å². The molecular formula is C20H33N. The zero-order valence-electron chi connectivity index (χ0n) is 14.4. The molecule has 1 aliphatic carbocycles. The Morgan fingerprint density at radius 3 is 2.29 bits per heavy atom. The van der Waals surface area contributed by atoms with Crippen LogP contribution in [-0.2, 0) is 5.41 Å². The van der Waals surface area contributed by atoms with Gasteiger partial charge in [0.1, 0.15) is 0 Å². The first-order chi connectivity index (χ1) is 10.1. The standard InChI is InChI=1S/C20H33N/c1-5-14-21-19(15-16-8-7-9-16)17-10-12-18(13-11-17)20(3,4)6-2/h10-13,16,19,21H,5-9,14-15H2,1-4H3. The van der Waals surface area contributed by atoms with Gasteiger partial charge in [0.05, 0.1) is 0 Å². The van der Waals surface area contributed by atoms with Gasteiger partial charge in [0.2, 0.25) is 0 Å². The molecule has 0 heterocycles. The first kappa shape index (κ1) is 16.5. The predicted molar refractivity (Wildman–Crippen MR) is 92.8 cm³/mol. The Bertz CT molecular complexity index is 414. The lowest BCUT2D eigenvalue weighted by atomic mass is 9.78. The van der Waals surface area contributed by atoms with Crippen molar-refractivity contribution in [1.82, 2.24) is 5.32 Å². The third-order valence-corrected chi connectivity index (χ3v) is 5.41. The van der Waals surface area contributed by atoms with E-state index < -0.39 is 0 Å². The third-order valence-electron chi connectivity index (χ3n) is 5.41. The number of nitrogens with one attached hydrogen (secondary N) is 1. The Kier molecular flexibility index (Phi) is 5.87. The van der Waals surface area contributed by atoms with Gasteiger partial charge >= 0.3 is 0 Å². The lowest BCUT2D eigenvalue weighted by Gasteiger charge is -2.31. The van der Waals surface area contributed by atoms with Crippen LogP contribution in [0, 0.1) is 5.92 Å². The minimum atomic E-state index is 0.291. The SMILES string of the molecule is CCCNC(CC1CCC1)c1ccc(C(C)(C)CC)cc1. The van der Waals surface area contributed by atoms with Crippen LogP contribution in [0.5, 0.6) is 0 Å². The van der Waals surface area contributed by atoms with Gasteiger partial charge in [-0.2, -0.15) is 0 Å². The van der Waals surface area contributed by atoms with Gasteiger partial charge < -0.3 is 5.32 Å². The number of hydrogen-bond donors (Lipinski definition) is 1. The third kappa shape index (κ3) is 4.32. The highest BCUT2D eigenvalue weighted by atomic mass is 14.9. The fourth-order valence-corrected chi connectivity index (χ4v) is 3.09. The topological polar surface area (TPSA) is 12.0 Å². The van der Waals surface area contributed by atoms with Gasteiger partial charge in [0.25, 0.3) is 0 Å². The van der Waals surface area contributed by atoms with E-state index in [4.69, 9.17) is 0 Å². The van der Waals surface area contributed by atoms with Crippen molar-refractivity contribution in [2.45, 2.75) is 77.7 Å². The highest BCUT2D eigenvalue weighted by Gasteiger charge is 2.23. The molecule has 0 aromatic heterocycles. The first-order valence-corrected chi connectivity index (χ1v) is 8.90. The maximum absolute atomic E-state index is 3.76. The Labute approximate surface area is 131 Å². The number of benzene rings is 1. The van der Waals surface area contributed by atoms with E-state index in [0.29, 0.717) is 11.5 Å². The van der Waals surface area contributed by atoms with Crippen LogP contribution in [-0.4, -0.2) is 6.54 Å². The maximum Gasteiger partial charge on any atom is 0.0322 e. The Hall–Kier alpha value is -0.820. The molecule has 0 aliphatic heterocycles. The van der Waals surface area contributed by atoms with E-state index in [9.17, 15) is 0 Å². The molecule has 1 N–H and O–H groups in total. The van der Waals surface area contributed by atoms with Crippen molar-refractivity contribution >= 4 is 0 Å². The summed E-state index contributed by atoms with van der Waals surface area (Å²) in [6.45, 7) is 10.3. The van der Waals surface area contributed by atoms with Gasteiger partial charge in [-0.15, -0.1) is 0 Å². The molecule has 1 atom stereocenters. The van der Waals surface area contributed by atoms with E-state index in [-0.39, 0.29) is 0 Å². The van der Waals surface area contributed by atoms with Gasteiger partial charge in [-0.25, -0.2) is 0 Å². The van der Waals surface area contributed by atoms with E-state index in [1.165, 1.54) is 49.7 Å². The van der Waals surface area contributed by atoms with Crippen LogP contribution in [0.2, 0.25) is 0 Å². The summed E-state index contributed by atoms with van der Waals surface area (Å²) in [5, 5.41) is 3.76. The summed E-state index contributed by atoms with van der Waals surface area (Å²) >= 11 is 0. The molecule has 0 amide bonds. The van der Waals surface area contributed by atoms with Gasteiger partial charge in [0.15, 0.2) is 0 Å². The quantitative estimate of drug-likeness (QED) is 0.655. The highest BCUT2D eigenvalue weighted by molar-refractivity contribution is 5.29. The molecule has 0 bridgehead atoms. The highest BCUT2D eigenvalue weighted by Crippen LogP contribution is 2.35. The first-order valence-electron chi connectivity index (χ1n) is 8.90. The van der Waals surface area contributed by atoms with Crippen molar-refractivity contribution in [3.05, 3.63) is 35.4 Å². The van der Waals surface area contributed by atoms with Crippen LogP contribution in [0.15, 0.2) is 24.3 Å². The van der Waals surface area contributed by atoms with E-state index in [0.717, 1.165) is 12.5 Å². The van der Waals surface area contributed by atoms with E-state index in [1.54, 1.807) is 0 Å². The minimum absolute atomic E-state index is 0.291. The second kappa shape index (κ2) is 7.45. The summed E-state index contributed by atoms with van der Waals surface area (Å²) in [7, 11) is 0. The van der Waals surface area contributed by atoms with E-state index >= 15 is 0 Å². The molecule has 21 heavy (non-hydrogen) atoms. The average Bonchev–Trinajstić information content (AvgIpc) is 2.46. The zero-order chi connectivity index (χ0) is 15.3. The van der Waals surface area contributed by atoms with Crippen molar-refractivity contribution in [3.63, 3.8) is 0 Å². The van der Waals surface area contributed by atoms with Crippen LogP contribution in [0.25, 0.3) is 0 Å². The Balaban J connectivity index is 2.07. The van der Waals surface area contributed by atoms with Crippen LogP contribution < -0.4 is 5.32 Å². The molecule has 118 valence electrons. The monoisotopic (exact) mass is 287 g/mol. The molecular weight excluding hydrogens is 254 g/mol. The molecule has 0 saturated heterocycles. The number of rotatable bonds is 8. The van der Waals surface area contributed by atoms with Crippen LogP contribution in [0.4, 0.5) is 0 Å². The summed E-state index contributed by atoms with van der Waals surface area (Å²) in [6, 6.07) is 9.96. The molecule has 1 aromatic carbocycles. The molecule has 2 rings (SSSR count). The van der Waals surface area contributed by atoms with E-state index in [2.05, 4.69) is 57.3 Å². The van der Waals surface area contributed by atoms with Crippen molar-refractivity contribution < 1.29 is 0 Å². The summed E-state index contributed by atoms with van der Waals surface area (Å²) < 4.78 is 0. The zero-order valence-corrected chi connectivity index (χ0v) is 14.4. The average molecular weight is 287 g/mol. The molecule has 1 heteroatoms. The van der Waals surface area contributed by atoms with E-state index in [1.807, 2.05) is 0 Å². The normalized spacial score (nSPS) is 17.5. The molecule has 1 aromatic rings. The fourth-order valence-electron chi connectivity index (χ4n) is 3.09. The smallest absolute Gasteiger partial charge is 0.0322 e.